The summed E-state index contributed by atoms with van der Waals surface area (Å²) in [6, 6.07) is 14.0. The normalized spacial score (nSPS) is 21.4. The Balaban J connectivity index is 1.35. The number of rotatable bonds is 6. The number of carbonyl (C=O) groups is 1. The van der Waals surface area contributed by atoms with Gasteiger partial charge in [-0.15, -0.1) is 5.10 Å². The number of amides is 1. The molecule has 166 valence electrons. The number of aromatic nitrogens is 4. The number of morpholine rings is 1. The molecule has 8 heteroatoms. The van der Waals surface area contributed by atoms with Crippen molar-refractivity contribution in [1.29, 1.82) is 0 Å². The maximum atomic E-state index is 13.2. The van der Waals surface area contributed by atoms with Crippen LogP contribution in [0, 0.1) is 6.92 Å². The predicted molar refractivity (Wildman–Crippen MR) is 121 cm³/mol. The third-order valence-corrected chi connectivity index (χ3v) is 6.21. The van der Waals surface area contributed by atoms with Crippen molar-refractivity contribution in [1.82, 2.24) is 30.4 Å². The van der Waals surface area contributed by atoms with Crippen LogP contribution in [0.1, 0.15) is 35.7 Å². The number of ether oxygens (including phenoxy) is 1. The fourth-order valence-corrected chi connectivity index (χ4v) is 4.66. The van der Waals surface area contributed by atoms with Crippen molar-refractivity contribution >= 4 is 5.91 Å². The second-order valence-corrected chi connectivity index (χ2v) is 8.94. The second-order valence-electron chi connectivity index (χ2n) is 8.94. The molecule has 2 unspecified atom stereocenters. The van der Waals surface area contributed by atoms with Crippen LogP contribution in [0.2, 0.25) is 0 Å². The van der Waals surface area contributed by atoms with Gasteiger partial charge in [0.25, 0.3) is 5.91 Å². The maximum absolute atomic E-state index is 13.2. The van der Waals surface area contributed by atoms with E-state index >= 15 is 0 Å². The lowest BCUT2D eigenvalue weighted by molar-refractivity contribution is -0.0399. The van der Waals surface area contributed by atoms with Gasteiger partial charge < -0.3 is 10.1 Å². The molecule has 3 aromatic rings. The smallest absolute Gasteiger partial charge is 0.251 e. The third-order valence-electron chi connectivity index (χ3n) is 6.21. The van der Waals surface area contributed by atoms with Crippen molar-refractivity contribution in [2.24, 2.45) is 0 Å². The molecule has 2 aliphatic heterocycles. The van der Waals surface area contributed by atoms with E-state index in [1.54, 1.807) is 4.68 Å². The van der Waals surface area contributed by atoms with Crippen molar-refractivity contribution in [3.8, 4) is 16.8 Å². The molecule has 3 heterocycles. The van der Waals surface area contributed by atoms with E-state index in [9.17, 15) is 4.79 Å². The number of fused-ring (bicyclic) bond motifs is 2. The zero-order valence-corrected chi connectivity index (χ0v) is 18.4. The molecule has 1 amide bonds. The Kier molecular flexibility index (Phi) is 5.71. The molecular weight excluding hydrogens is 404 g/mol. The summed E-state index contributed by atoms with van der Waals surface area (Å²) < 4.78 is 7.49. The molecule has 5 rings (SSSR count). The first-order valence-electron chi connectivity index (χ1n) is 11.2. The number of carbonyl (C=O) groups excluding carboxylic acids is 1. The van der Waals surface area contributed by atoms with E-state index in [4.69, 9.17) is 4.74 Å². The quantitative estimate of drug-likeness (QED) is 0.645. The van der Waals surface area contributed by atoms with Gasteiger partial charge in [-0.05, 0) is 66.4 Å². The average molecular weight is 433 g/mol. The summed E-state index contributed by atoms with van der Waals surface area (Å²) >= 11 is 0. The topological polar surface area (TPSA) is 85.2 Å². The summed E-state index contributed by atoms with van der Waals surface area (Å²) in [4.78, 5) is 15.6. The van der Waals surface area contributed by atoms with Gasteiger partial charge in [0.2, 0.25) is 0 Å². The van der Waals surface area contributed by atoms with Crippen LogP contribution in [0.3, 0.4) is 0 Å². The number of benzene rings is 2. The summed E-state index contributed by atoms with van der Waals surface area (Å²) in [5.74, 6) is -0.1000. The van der Waals surface area contributed by atoms with Crippen molar-refractivity contribution in [3.05, 3.63) is 59.9 Å². The van der Waals surface area contributed by atoms with E-state index in [0.717, 1.165) is 49.3 Å². The Morgan fingerprint density at radius 3 is 2.56 bits per heavy atom. The minimum atomic E-state index is -0.1000. The van der Waals surface area contributed by atoms with E-state index in [1.165, 1.54) is 11.9 Å². The number of hydrogen-bond donors (Lipinski definition) is 1. The lowest BCUT2D eigenvalue weighted by Gasteiger charge is -2.33. The van der Waals surface area contributed by atoms with E-state index in [2.05, 4.69) is 63.9 Å². The van der Waals surface area contributed by atoms with Gasteiger partial charge in [-0.25, -0.2) is 4.68 Å². The van der Waals surface area contributed by atoms with Crippen LogP contribution in [0.25, 0.3) is 16.8 Å². The van der Waals surface area contributed by atoms with Crippen LogP contribution < -0.4 is 5.32 Å². The number of tetrazole rings is 1. The Hall–Kier alpha value is -3.10. The molecule has 1 N–H and O–H groups in total. The van der Waals surface area contributed by atoms with Crippen LogP contribution in [-0.4, -0.2) is 68.9 Å². The number of nitrogens with zero attached hydrogens (tertiary/aromatic N) is 5. The standard InChI is InChI=1S/C24H28N6O2/c1-16-3-5-18(6-4-16)19-9-20(11-21(10-19)30-15-25-27-28-30)24(31)26-17(2)12-29-13-22-7-8-23(14-29)32-22/h3-6,9-11,15,17,22-23H,7-8,12-14H2,1-2H3,(H,26,31)/t17-,22?,23?/m1/s1. The van der Waals surface area contributed by atoms with Gasteiger partial charge in [-0.1, -0.05) is 29.8 Å². The predicted octanol–water partition coefficient (Wildman–Crippen LogP) is 2.62. The van der Waals surface area contributed by atoms with Gasteiger partial charge in [-0.2, -0.15) is 0 Å². The summed E-state index contributed by atoms with van der Waals surface area (Å²) in [5, 5.41) is 14.6. The zero-order valence-electron chi connectivity index (χ0n) is 18.4. The molecule has 0 aliphatic carbocycles. The fraction of sp³-hybridized carbons (Fsp3) is 0.417. The van der Waals surface area contributed by atoms with E-state index in [1.807, 2.05) is 18.2 Å². The molecule has 0 spiro atoms. The molecule has 2 bridgehead atoms. The molecule has 2 fully saturated rings. The molecule has 1 aromatic heterocycles. The molecule has 2 aromatic carbocycles. The molecule has 0 radical (unpaired) electrons. The van der Waals surface area contributed by atoms with Crippen molar-refractivity contribution in [2.45, 2.75) is 44.9 Å². The molecule has 32 heavy (non-hydrogen) atoms. The summed E-state index contributed by atoms with van der Waals surface area (Å²) in [6.07, 6.45) is 4.52. The lowest BCUT2D eigenvalue weighted by Crippen LogP contribution is -2.49. The minimum Gasteiger partial charge on any atom is -0.372 e. The number of hydrogen-bond acceptors (Lipinski definition) is 6. The zero-order chi connectivity index (χ0) is 22.1. The first-order chi connectivity index (χ1) is 15.5. The van der Waals surface area contributed by atoms with Crippen molar-refractivity contribution in [2.75, 3.05) is 19.6 Å². The van der Waals surface area contributed by atoms with Crippen LogP contribution in [0.5, 0.6) is 0 Å². The highest BCUT2D eigenvalue weighted by atomic mass is 16.5. The van der Waals surface area contributed by atoms with E-state index in [0.29, 0.717) is 17.8 Å². The third kappa shape index (κ3) is 4.56. The first-order valence-corrected chi connectivity index (χ1v) is 11.2. The highest BCUT2D eigenvalue weighted by Crippen LogP contribution is 2.27. The van der Waals surface area contributed by atoms with Gasteiger partial charge in [0, 0.05) is 31.2 Å². The highest BCUT2D eigenvalue weighted by molar-refractivity contribution is 5.96. The summed E-state index contributed by atoms with van der Waals surface area (Å²) in [5.41, 5.74) is 4.50. The fourth-order valence-electron chi connectivity index (χ4n) is 4.66. The molecule has 3 atom stereocenters. The number of likely N-dealkylation sites (tertiary alicyclic amines) is 1. The number of aryl methyl sites for hydroxylation is 1. The van der Waals surface area contributed by atoms with Gasteiger partial charge in [0.1, 0.15) is 6.33 Å². The van der Waals surface area contributed by atoms with Crippen molar-refractivity contribution in [3.63, 3.8) is 0 Å². The Morgan fingerprint density at radius 1 is 1.12 bits per heavy atom. The monoisotopic (exact) mass is 432 g/mol. The van der Waals surface area contributed by atoms with Gasteiger partial charge in [-0.3, -0.25) is 9.69 Å². The van der Waals surface area contributed by atoms with Gasteiger partial charge in [0.05, 0.1) is 17.9 Å². The maximum Gasteiger partial charge on any atom is 0.251 e. The summed E-state index contributed by atoms with van der Waals surface area (Å²) in [6.45, 7) is 6.83. The molecular formula is C24H28N6O2. The first kappa shape index (κ1) is 20.8. The van der Waals surface area contributed by atoms with Gasteiger partial charge >= 0.3 is 0 Å². The van der Waals surface area contributed by atoms with E-state index in [-0.39, 0.29) is 11.9 Å². The average Bonchev–Trinajstić information content (AvgIpc) is 3.43. The van der Waals surface area contributed by atoms with Gasteiger partial charge in [0.15, 0.2) is 0 Å². The number of nitrogens with one attached hydrogen (secondary N) is 1. The lowest BCUT2D eigenvalue weighted by atomic mass is 10.0. The molecule has 0 saturated carbocycles. The molecule has 2 saturated heterocycles. The van der Waals surface area contributed by atoms with Crippen LogP contribution in [0.15, 0.2) is 48.8 Å². The second kappa shape index (κ2) is 8.80. The van der Waals surface area contributed by atoms with Crippen LogP contribution in [0.4, 0.5) is 0 Å². The van der Waals surface area contributed by atoms with Crippen LogP contribution >= 0.6 is 0 Å². The molecule has 8 nitrogen and oxygen atoms in total. The SMILES string of the molecule is Cc1ccc(-c2cc(C(=O)N[C@H](C)CN3CC4CCC(C3)O4)cc(-n3cnnn3)c2)cc1. The molecule has 2 aliphatic rings. The Labute approximate surface area is 187 Å². The summed E-state index contributed by atoms with van der Waals surface area (Å²) in [7, 11) is 0. The van der Waals surface area contributed by atoms with Crippen molar-refractivity contribution < 1.29 is 9.53 Å². The Bertz CT molecular complexity index is 1070. The Morgan fingerprint density at radius 2 is 1.88 bits per heavy atom. The largest absolute Gasteiger partial charge is 0.372 e. The minimum absolute atomic E-state index is 0.0273. The highest BCUT2D eigenvalue weighted by Gasteiger charge is 2.34. The van der Waals surface area contributed by atoms with Crippen LogP contribution in [-0.2, 0) is 4.74 Å². The van der Waals surface area contributed by atoms with E-state index < -0.39 is 0 Å².